The van der Waals surface area contributed by atoms with E-state index < -0.39 is 10.0 Å². The van der Waals surface area contributed by atoms with Crippen molar-refractivity contribution < 1.29 is 13.2 Å². The van der Waals surface area contributed by atoms with Crippen LogP contribution < -0.4 is 10.0 Å². The monoisotopic (exact) mass is 366 g/mol. The highest BCUT2D eigenvalue weighted by Gasteiger charge is 2.18. The zero-order chi connectivity index (χ0) is 18.6. The molecule has 5 nitrogen and oxygen atoms in total. The van der Waals surface area contributed by atoms with Crippen LogP contribution in [-0.4, -0.2) is 14.3 Å². The Morgan fingerprint density at radius 1 is 0.808 bits per heavy atom. The molecule has 0 aliphatic carbocycles. The molecule has 0 aromatic heterocycles. The van der Waals surface area contributed by atoms with Gasteiger partial charge in [-0.3, -0.25) is 9.52 Å². The number of para-hydroxylation sites is 1. The summed E-state index contributed by atoms with van der Waals surface area (Å²) < 4.78 is 27.5. The van der Waals surface area contributed by atoms with Crippen LogP contribution in [0.3, 0.4) is 0 Å². The zero-order valence-electron chi connectivity index (χ0n) is 14.1. The van der Waals surface area contributed by atoms with E-state index in [1.54, 1.807) is 54.6 Å². The molecule has 3 aromatic carbocycles. The van der Waals surface area contributed by atoms with E-state index in [1.807, 2.05) is 19.1 Å². The Bertz CT molecular complexity index is 1010. The van der Waals surface area contributed by atoms with Gasteiger partial charge in [-0.1, -0.05) is 48.0 Å². The Hall–Kier alpha value is -3.12. The highest BCUT2D eigenvalue weighted by Crippen LogP contribution is 2.21. The van der Waals surface area contributed by atoms with Crippen molar-refractivity contribution in [3.8, 4) is 0 Å². The lowest BCUT2D eigenvalue weighted by Gasteiger charge is -2.13. The summed E-state index contributed by atoms with van der Waals surface area (Å²) in [7, 11) is -3.78. The summed E-state index contributed by atoms with van der Waals surface area (Å²) in [5.74, 6) is -0.389. The van der Waals surface area contributed by atoms with Crippen molar-refractivity contribution in [2.24, 2.45) is 0 Å². The number of carbonyl (C=O) groups excluding carboxylic acids is 1. The first-order valence-corrected chi connectivity index (χ1v) is 9.49. The minimum Gasteiger partial charge on any atom is -0.322 e. The lowest BCUT2D eigenvalue weighted by Crippen LogP contribution is -2.18. The fourth-order valence-corrected chi connectivity index (χ4v) is 3.51. The number of rotatable bonds is 5. The Balaban J connectivity index is 1.86. The number of carbonyl (C=O) groups is 1. The van der Waals surface area contributed by atoms with Gasteiger partial charge in [0.1, 0.15) is 0 Å². The van der Waals surface area contributed by atoms with Crippen molar-refractivity contribution in [1.29, 1.82) is 0 Å². The second kappa shape index (κ2) is 7.41. The molecule has 0 unspecified atom stereocenters. The number of nitrogens with one attached hydrogen (secondary N) is 2. The van der Waals surface area contributed by atoms with Crippen LogP contribution in [0, 0.1) is 6.92 Å². The van der Waals surface area contributed by atoms with Gasteiger partial charge in [0.25, 0.3) is 15.9 Å². The maximum atomic E-state index is 12.6. The summed E-state index contributed by atoms with van der Waals surface area (Å²) in [6, 6.07) is 21.9. The van der Waals surface area contributed by atoms with Gasteiger partial charge >= 0.3 is 0 Å². The van der Waals surface area contributed by atoms with Crippen molar-refractivity contribution in [3.05, 3.63) is 90.0 Å². The van der Waals surface area contributed by atoms with E-state index in [0.717, 1.165) is 5.56 Å². The van der Waals surface area contributed by atoms with Crippen molar-refractivity contribution in [2.75, 3.05) is 10.0 Å². The molecule has 0 aliphatic rings. The maximum Gasteiger partial charge on any atom is 0.261 e. The summed E-state index contributed by atoms with van der Waals surface area (Å²) in [4.78, 5) is 12.7. The highest BCUT2D eigenvalue weighted by atomic mass is 32.2. The zero-order valence-corrected chi connectivity index (χ0v) is 15.0. The fourth-order valence-electron chi connectivity index (χ4n) is 2.41. The number of amides is 1. The van der Waals surface area contributed by atoms with Crippen LogP contribution in [0.15, 0.2) is 83.8 Å². The van der Waals surface area contributed by atoms with Crippen LogP contribution in [0.5, 0.6) is 0 Å². The first kappa shape index (κ1) is 17.7. The summed E-state index contributed by atoms with van der Waals surface area (Å²) in [6.07, 6.45) is 0. The molecular weight excluding hydrogens is 348 g/mol. The van der Waals surface area contributed by atoms with Gasteiger partial charge in [0.15, 0.2) is 0 Å². The van der Waals surface area contributed by atoms with Crippen LogP contribution >= 0.6 is 0 Å². The molecule has 0 bridgehead atoms. The van der Waals surface area contributed by atoms with Crippen LogP contribution in [0.1, 0.15) is 15.9 Å². The largest absolute Gasteiger partial charge is 0.322 e. The molecule has 3 aromatic rings. The van der Waals surface area contributed by atoms with Gasteiger partial charge in [0.2, 0.25) is 0 Å². The lowest BCUT2D eigenvalue weighted by molar-refractivity contribution is 0.102. The van der Waals surface area contributed by atoms with E-state index in [1.165, 1.54) is 12.1 Å². The number of aryl methyl sites for hydroxylation is 1. The van der Waals surface area contributed by atoms with E-state index in [4.69, 9.17) is 0 Å². The fraction of sp³-hybridized carbons (Fsp3) is 0.0500. The maximum absolute atomic E-state index is 12.6. The molecule has 6 heteroatoms. The smallest absolute Gasteiger partial charge is 0.261 e. The van der Waals surface area contributed by atoms with Gasteiger partial charge in [-0.15, -0.1) is 0 Å². The molecule has 2 N–H and O–H groups in total. The molecule has 0 saturated carbocycles. The average molecular weight is 366 g/mol. The standard InChI is InChI=1S/C20H18N2O3S/c1-15-11-13-16(14-12-15)21-20(23)18-9-5-6-10-19(18)22-26(24,25)17-7-3-2-4-8-17/h2-14,22H,1H3,(H,21,23). The molecule has 0 spiro atoms. The number of hydrogen-bond acceptors (Lipinski definition) is 3. The van der Waals surface area contributed by atoms with Gasteiger partial charge in [-0.25, -0.2) is 8.42 Å². The summed E-state index contributed by atoms with van der Waals surface area (Å²) >= 11 is 0. The Morgan fingerprint density at radius 3 is 2.12 bits per heavy atom. The summed E-state index contributed by atoms with van der Waals surface area (Å²) in [6.45, 7) is 1.96. The first-order valence-electron chi connectivity index (χ1n) is 8.01. The predicted molar refractivity (Wildman–Crippen MR) is 103 cm³/mol. The van der Waals surface area contributed by atoms with E-state index in [0.29, 0.717) is 5.69 Å². The van der Waals surface area contributed by atoms with Crippen molar-refractivity contribution >= 4 is 27.3 Å². The third-order valence-electron chi connectivity index (χ3n) is 3.78. The lowest BCUT2D eigenvalue weighted by atomic mass is 10.1. The van der Waals surface area contributed by atoms with Crippen LogP contribution in [0.4, 0.5) is 11.4 Å². The molecule has 132 valence electrons. The van der Waals surface area contributed by atoms with E-state index in [-0.39, 0.29) is 22.1 Å². The Labute approximate surface area is 152 Å². The van der Waals surface area contributed by atoms with Gasteiger partial charge in [0.05, 0.1) is 16.1 Å². The quantitative estimate of drug-likeness (QED) is 0.715. The van der Waals surface area contributed by atoms with Crippen LogP contribution in [-0.2, 0) is 10.0 Å². The van der Waals surface area contributed by atoms with Gasteiger partial charge in [-0.2, -0.15) is 0 Å². The van der Waals surface area contributed by atoms with Gasteiger partial charge in [-0.05, 0) is 43.3 Å². The average Bonchev–Trinajstić information content (AvgIpc) is 2.64. The summed E-state index contributed by atoms with van der Waals surface area (Å²) in [5.41, 5.74) is 2.19. The number of anilines is 2. The number of sulfonamides is 1. The SMILES string of the molecule is Cc1ccc(NC(=O)c2ccccc2NS(=O)(=O)c2ccccc2)cc1. The van der Waals surface area contributed by atoms with Crippen molar-refractivity contribution in [3.63, 3.8) is 0 Å². The minimum atomic E-state index is -3.78. The van der Waals surface area contributed by atoms with Gasteiger partial charge in [0, 0.05) is 5.69 Å². The second-order valence-electron chi connectivity index (χ2n) is 5.78. The van der Waals surface area contributed by atoms with E-state index in [9.17, 15) is 13.2 Å². The number of hydrogen-bond donors (Lipinski definition) is 2. The second-order valence-corrected chi connectivity index (χ2v) is 7.47. The van der Waals surface area contributed by atoms with Crippen molar-refractivity contribution in [1.82, 2.24) is 0 Å². The topological polar surface area (TPSA) is 75.3 Å². The molecule has 0 radical (unpaired) electrons. The molecule has 0 heterocycles. The normalized spacial score (nSPS) is 11.0. The molecule has 0 atom stereocenters. The molecule has 3 rings (SSSR count). The highest BCUT2D eigenvalue weighted by molar-refractivity contribution is 7.92. The Morgan fingerprint density at radius 2 is 1.42 bits per heavy atom. The molecule has 26 heavy (non-hydrogen) atoms. The third-order valence-corrected chi connectivity index (χ3v) is 5.16. The third kappa shape index (κ3) is 4.10. The molecule has 0 saturated heterocycles. The number of benzene rings is 3. The molecule has 1 amide bonds. The predicted octanol–water partition coefficient (Wildman–Crippen LogP) is 4.05. The van der Waals surface area contributed by atoms with E-state index in [2.05, 4.69) is 10.0 Å². The first-order chi connectivity index (χ1) is 12.5. The molecule has 0 aliphatic heterocycles. The van der Waals surface area contributed by atoms with Crippen molar-refractivity contribution in [2.45, 2.75) is 11.8 Å². The minimum absolute atomic E-state index is 0.133. The van der Waals surface area contributed by atoms with Gasteiger partial charge < -0.3 is 5.32 Å². The molecule has 0 fully saturated rings. The van der Waals surface area contributed by atoms with Crippen LogP contribution in [0.2, 0.25) is 0 Å². The Kier molecular flexibility index (Phi) is 5.04. The summed E-state index contributed by atoms with van der Waals surface area (Å²) in [5, 5.41) is 2.78. The molecular formula is C20H18N2O3S. The van der Waals surface area contributed by atoms with E-state index >= 15 is 0 Å². The van der Waals surface area contributed by atoms with Crippen LogP contribution in [0.25, 0.3) is 0 Å².